The number of carbonyl (C=O) groups is 1. The first-order valence-corrected chi connectivity index (χ1v) is 4.56. The summed E-state index contributed by atoms with van der Waals surface area (Å²) < 4.78 is 26.6. The van der Waals surface area contributed by atoms with Gasteiger partial charge in [-0.25, -0.2) is 8.78 Å². The van der Waals surface area contributed by atoms with E-state index >= 15 is 0 Å². The molecule has 0 aliphatic rings. The predicted octanol–water partition coefficient (Wildman–Crippen LogP) is 3.27. The molecule has 1 aromatic rings. The van der Waals surface area contributed by atoms with Crippen molar-refractivity contribution in [3.05, 3.63) is 41.0 Å². The van der Waals surface area contributed by atoms with Crippen molar-refractivity contribution in [2.45, 2.75) is 20.8 Å². The monoisotopic (exact) mass is 210 g/mol. The molecule has 1 aromatic carbocycles. The van der Waals surface area contributed by atoms with Crippen molar-refractivity contribution in [1.82, 2.24) is 0 Å². The van der Waals surface area contributed by atoms with Gasteiger partial charge in [-0.05, 0) is 50.1 Å². The number of benzene rings is 1. The summed E-state index contributed by atoms with van der Waals surface area (Å²) in [5.74, 6) is -1.17. The highest BCUT2D eigenvalue weighted by Gasteiger charge is 2.08. The summed E-state index contributed by atoms with van der Waals surface area (Å²) in [6.07, 6.45) is 1.28. The normalized spacial score (nSPS) is 11.7. The molecular formula is C12H12F2O. The quantitative estimate of drug-likeness (QED) is 0.685. The zero-order valence-corrected chi connectivity index (χ0v) is 8.90. The van der Waals surface area contributed by atoms with Crippen molar-refractivity contribution in [3.63, 3.8) is 0 Å². The molecule has 0 radical (unpaired) electrons. The van der Waals surface area contributed by atoms with Crippen LogP contribution in [0.4, 0.5) is 8.78 Å². The lowest BCUT2D eigenvalue weighted by molar-refractivity contribution is -0.112. The second-order valence-corrected chi connectivity index (χ2v) is 3.52. The van der Waals surface area contributed by atoms with E-state index in [0.717, 1.165) is 12.1 Å². The minimum Gasteiger partial charge on any atom is -0.295 e. The number of hydrogen-bond acceptors (Lipinski definition) is 1. The average molecular weight is 210 g/mol. The summed E-state index contributed by atoms with van der Waals surface area (Å²) in [6, 6.07) is 2.24. The topological polar surface area (TPSA) is 17.1 Å². The van der Waals surface area contributed by atoms with Crippen LogP contribution >= 0.6 is 0 Å². The van der Waals surface area contributed by atoms with Crippen LogP contribution in [0.15, 0.2) is 18.2 Å². The molecule has 80 valence electrons. The Hall–Kier alpha value is -1.51. The Morgan fingerprint density at radius 1 is 1.20 bits per heavy atom. The van der Waals surface area contributed by atoms with Crippen LogP contribution in [0.5, 0.6) is 0 Å². The number of hydrogen-bond donors (Lipinski definition) is 0. The Bertz CT molecular complexity index is 433. The third kappa shape index (κ3) is 2.72. The molecule has 15 heavy (non-hydrogen) atoms. The highest BCUT2D eigenvalue weighted by molar-refractivity contribution is 5.94. The molecule has 0 N–H and O–H groups in total. The number of aryl methyl sites for hydroxylation is 1. The van der Waals surface area contributed by atoms with Crippen molar-refractivity contribution in [2.24, 2.45) is 0 Å². The molecule has 0 amide bonds. The Balaban J connectivity index is 3.26. The van der Waals surface area contributed by atoms with E-state index in [1.54, 1.807) is 6.92 Å². The molecule has 0 spiro atoms. The smallest absolute Gasteiger partial charge is 0.152 e. The third-order valence-electron chi connectivity index (χ3n) is 2.09. The molecule has 0 fully saturated rings. The van der Waals surface area contributed by atoms with E-state index in [1.165, 1.54) is 19.9 Å². The van der Waals surface area contributed by atoms with Gasteiger partial charge in [-0.3, -0.25) is 4.79 Å². The molecule has 0 bridgehead atoms. The van der Waals surface area contributed by atoms with Crippen LogP contribution in [0.1, 0.15) is 25.0 Å². The van der Waals surface area contributed by atoms with Gasteiger partial charge >= 0.3 is 0 Å². The molecule has 3 heteroatoms. The van der Waals surface area contributed by atoms with Crippen LogP contribution in [0.3, 0.4) is 0 Å². The average Bonchev–Trinajstić information content (AvgIpc) is 2.09. The third-order valence-corrected chi connectivity index (χ3v) is 2.09. The zero-order valence-electron chi connectivity index (χ0n) is 8.90. The minimum absolute atomic E-state index is 0.133. The van der Waals surface area contributed by atoms with E-state index < -0.39 is 11.6 Å². The maximum Gasteiger partial charge on any atom is 0.152 e. The molecular weight excluding hydrogens is 198 g/mol. The molecule has 0 aliphatic carbocycles. The lowest BCUT2D eigenvalue weighted by Crippen LogP contribution is -1.94. The van der Waals surface area contributed by atoms with Gasteiger partial charge < -0.3 is 0 Å². The maximum atomic E-state index is 13.4. The molecule has 0 saturated heterocycles. The van der Waals surface area contributed by atoms with Gasteiger partial charge in [0, 0.05) is 5.56 Å². The van der Waals surface area contributed by atoms with E-state index in [-0.39, 0.29) is 16.9 Å². The van der Waals surface area contributed by atoms with Gasteiger partial charge in [-0.15, -0.1) is 0 Å². The molecule has 0 unspecified atom stereocenters. The summed E-state index contributed by atoms with van der Waals surface area (Å²) in [5, 5.41) is 0. The van der Waals surface area contributed by atoms with Crippen molar-refractivity contribution in [2.75, 3.05) is 0 Å². The first kappa shape index (κ1) is 11.6. The van der Waals surface area contributed by atoms with Crippen LogP contribution in [-0.2, 0) is 4.79 Å². The van der Waals surface area contributed by atoms with Crippen molar-refractivity contribution in [3.8, 4) is 0 Å². The number of rotatable bonds is 2. The Morgan fingerprint density at radius 3 is 2.33 bits per heavy atom. The van der Waals surface area contributed by atoms with Crippen LogP contribution in [0, 0.1) is 18.6 Å². The van der Waals surface area contributed by atoms with Crippen LogP contribution in [0.2, 0.25) is 0 Å². The Kier molecular flexibility index (Phi) is 3.35. The lowest BCUT2D eigenvalue weighted by atomic mass is 10.0. The number of ketones is 1. The largest absolute Gasteiger partial charge is 0.295 e. The molecule has 0 atom stereocenters. The van der Waals surface area contributed by atoms with Crippen molar-refractivity contribution < 1.29 is 13.6 Å². The summed E-state index contributed by atoms with van der Waals surface area (Å²) >= 11 is 0. The van der Waals surface area contributed by atoms with E-state index in [9.17, 15) is 13.6 Å². The van der Waals surface area contributed by atoms with E-state index in [0.29, 0.717) is 5.57 Å². The molecule has 1 rings (SSSR count). The standard InChI is InChI=1S/C12H12F2O/c1-7(4-9(3)15)10-6-11(13)8(2)5-12(10)14/h4-6H,1-3H3/b7-4-. The predicted molar refractivity (Wildman–Crippen MR) is 55.4 cm³/mol. The number of carbonyl (C=O) groups excluding carboxylic acids is 1. The van der Waals surface area contributed by atoms with Gasteiger partial charge in [0.2, 0.25) is 0 Å². The fourth-order valence-electron chi connectivity index (χ4n) is 1.33. The molecule has 0 heterocycles. The SMILES string of the molecule is CC(=O)/C=C(/C)c1cc(F)c(C)cc1F. The molecule has 0 aromatic heterocycles. The van der Waals surface area contributed by atoms with E-state index in [2.05, 4.69) is 0 Å². The van der Waals surface area contributed by atoms with E-state index in [4.69, 9.17) is 0 Å². The van der Waals surface area contributed by atoms with Gasteiger partial charge in [-0.2, -0.15) is 0 Å². The highest BCUT2D eigenvalue weighted by Crippen LogP contribution is 2.21. The van der Waals surface area contributed by atoms with E-state index in [1.807, 2.05) is 0 Å². The first-order valence-electron chi connectivity index (χ1n) is 4.56. The van der Waals surface area contributed by atoms with Crippen molar-refractivity contribution in [1.29, 1.82) is 0 Å². The fraction of sp³-hybridized carbons (Fsp3) is 0.250. The highest BCUT2D eigenvalue weighted by atomic mass is 19.1. The maximum absolute atomic E-state index is 13.4. The minimum atomic E-state index is -0.510. The number of allylic oxidation sites excluding steroid dienone is 2. The molecule has 1 nitrogen and oxygen atoms in total. The fourth-order valence-corrected chi connectivity index (χ4v) is 1.33. The van der Waals surface area contributed by atoms with Gasteiger partial charge in [0.15, 0.2) is 5.78 Å². The Labute approximate surface area is 87.4 Å². The van der Waals surface area contributed by atoms with Crippen LogP contribution in [0.25, 0.3) is 5.57 Å². The lowest BCUT2D eigenvalue weighted by Gasteiger charge is -2.05. The number of halogens is 2. The van der Waals surface area contributed by atoms with Crippen LogP contribution in [-0.4, -0.2) is 5.78 Å². The van der Waals surface area contributed by atoms with Crippen molar-refractivity contribution >= 4 is 11.4 Å². The summed E-state index contributed by atoms with van der Waals surface area (Å²) in [7, 11) is 0. The van der Waals surface area contributed by atoms with Gasteiger partial charge in [0.1, 0.15) is 11.6 Å². The zero-order chi connectivity index (χ0) is 11.6. The summed E-state index contributed by atoms with van der Waals surface area (Å²) in [5.41, 5.74) is 0.819. The van der Waals surface area contributed by atoms with Gasteiger partial charge in [0.25, 0.3) is 0 Å². The van der Waals surface area contributed by atoms with Gasteiger partial charge in [0.05, 0.1) is 0 Å². The van der Waals surface area contributed by atoms with Gasteiger partial charge in [-0.1, -0.05) is 0 Å². The molecule has 0 aliphatic heterocycles. The summed E-state index contributed by atoms with van der Waals surface area (Å²) in [6.45, 7) is 4.44. The summed E-state index contributed by atoms with van der Waals surface area (Å²) in [4.78, 5) is 10.8. The van der Waals surface area contributed by atoms with Crippen LogP contribution < -0.4 is 0 Å². The molecule has 0 saturated carbocycles. The Morgan fingerprint density at radius 2 is 1.80 bits per heavy atom. The first-order chi connectivity index (χ1) is 6.91. The second-order valence-electron chi connectivity index (χ2n) is 3.52. The second kappa shape index (κ2) is 4.34.